The molecule has 0 aliphatic carbocycles. The van der Waals surface area contributed by atoms with E-state index in [2.05, 4.69) is 37.9 Å². The fourth-order valence-corrected chi connectivity index (χ4v) is 7.78. The Kier molecular flexibility index (Phi) is 7.61. The zero-order valence-electron chi connectivity index (χ0n) is 21.9. The van der Waals surface area contributed by atoms with Crippen LogP contribution in [0, 0.1) is 11.8 Å². The molecule has 38 heavy (non-hydrogen) atoms. The van der Waals surface area contributed by atoms with Gasteiger partial charge in [-0.15, -0.1) is 0 Å². The molecule has 2 atom stereocenters. The van der Waals surface area contributed by atoms with Gasteiger partial charge in [0.05, 0.1) is 21.7 Å². The lowest BCUT2D eigenvalue weighted by Crippen LogP contribution is -2.42. The molecule has 1 aliphatic rings. The number of anilines is 1. The molecular weight excluding hydrogens is 516 g/mol. The van der Waals surface area contributed by atoms with Gasteiger partial charge in [-0.1, -0.05) is 44.2 Å². The fraction of sp³-hybridized carbons (Fsp3) is 0.345. The molecule has 2 aromatic carbocycles. The van der Waals surface area contributed by atoms with Gasteiger partial charge in [0.2, 0.25) is 10.0 Å². The Hall–Kier alpha value is -3.14. The number of rotatable bonds is 7. The van der Waals surface area contributed by atoms with Crippen molar-refractivity contribution in [3.05, 3.63) is 83.7 Å². The molecule has 2 unspecified atom stereocenters. The standard InChI is InChI=1S/C29H32N4O3S2/c1-4-22-7-12-26-27(15-22)37-29(31-26)33(19-23-6-5-13-30-16-23)28(34)24-8-10-25(11-9-24)38(35,36)32-17-20(2)14-21(3)18-32/h5-13,15-16,20-21H,4,14,17-19H2,1-3H3. The first kappa shape index (κ1) is 26.5. The molecule has 0 radical (unpaired) electrons. The number of benzene rings is 2. The summed E-state index contributed by atoms with van der Waals surface area (Å²) in [5, 5.41) is 0.593. The third kappa shape index (κ3) is 5.50. The van der Waals surface area contributed by atoms with Crippen LogP contribution < -0.4 is 4.90 Å². The molecule has 7 nitrogen and oxygen atoms in total. The van der Waals surface area contributed by atoms with Gasteiger partial charge in [-0.25, -0.2) is 13.4 Å². The molecule has 5 rings (SSSR count). The molecule has 1 aliphatic heterocycles. The average Bonchev–Trinajstić information content (AvgIpc) is 3.34. The van der Waals surface area contributed by atoms with Crippen LogP contribution in [0.4, 0.5) is 5.13 Å². The minimum Gasteiger partial charge on any atom is -0.279 e. The predicted octanol–water partition coefficient (Wildman–Crippen LogP) is 5.77. The van der Waals surface area contributed by atoms with Gasteiger partial charge in [0, 0.05) is 31.0 Å². The molecule has 0 bridgehead atoms. The summed E-state index contributed by atoms with van der Waals surface area (Å²) in [6.45, 7) is 7.62. The van der Waals surface area contributed by atoms with E-state index in [0.717, 1.165) is 28.6 Å². The maximum atomic E-state index is 13.8. The zero-order valence-corrected chi connectivity index (χ0v) is 23.5. The molecule has 2 aromatic heterocycles. The number of hydrogen-bond acceptors (Lipinski definition) is 6. The van der Waals surface area contributed by atoms with Crippen molar-refractivity contribution in [2.24, 2.45) is 11.8 Å². The highest BCUT2D eigenvalue weighted by Crippen LogP contribution is 2.32. The number of nitrogens with zero attached hydrogens (tertiary/aromatic N) is 4. The summed E-state index contributed by atoms with van der Waals surface area (Å²) >= 11 is 1.47. The van der Waals surface area contributed by atoms with E-state index in [1.165, 1.54) is 16.9 Å². The van der Waals surface area contributed by atoms with Crippen LogP contribution in [-0.2, 0) is 23.0 Å². The quantitative estimate of drug-likeness (QED) is 0.293. The number of pyridine rings is 1. The summed E-state index contributed by atoms with van der Waals surface area (Å²) < 4.78 is 29.2. The second kappa shape index (κ2) is 10.9. The normalized spacial score (nSPS) is 18.5. The number of carbonyl (C=O) groups is 1. The number of aryl methyl sites for hydroxylation is 1. The van der Waals surface area contributed by atoms with Crippen LogP contribution in [0.25, 0.3) is 10.2 Å². The van der Waals surface area contributed by atoms with Crippen LogP contribution >= 0.6 is 11.3 Å². The first-order chi connectivity index (χ1) is 18.2. The number of sulfonamides is 1. The number of piperidine rings is 1. The number of amides is 1. The average molecular weight is 549 g/mol. The van der Waals surface area contributed by atoms with Crippen LogP contribution in [0.15, 0.2) is 71.9 Å². The molecule has 0 saturated carbocycles. The van der Waals surface area contributed by atoms with E-state index in [9.17, 15) is 13.2 Å². The maximum Gasteiger partial charge on any atom is 0.260 e. The minimum absolute atomic E-state index is 0.209. The summed E-state index contributed by atoms with van der Waals surface area (Å²) in [7, 11) is -3.63. The van der Waals surface area contributed by atoms with Crippen molar-refractivity contribution in [2.45, 2.75) is 45.1 Å². The van der Waals surface area contributed by atoms with Crippen molar-refractivity contribution in [1.29, 1.82) is 0 Å². The smallest absolute Gasteiger partial charge is 0.260 e. The van der Waals surface area contributed by atoms with Gasteiger partial charge in [-0.2, -0.15) is 4.31 Å². The Labute approximate surface area is 228 Å². The van der Waals surface area contributed by atoms with Gasteiger partial charge in [0.25, 0.3) is 5.91 Å². The number of aromatic nitrogens is 2. The number of thiazole rings is 1. The molecule has 9 heteroatoms. The van der Waals surface area contributed by atoms with Crippen LogP contribution in [0.3, 0.4) is 0 Å². The largest absolute Gasteiger partial charge is 0.279 e. The molecule has 1 fully saturated rings. The van der Waals surface area contributed by atoms with Crippen molar-refractivity contribution in [1.82, 2.24) is 14.3 Å². The molecule has 4 aromatic rings. The van der Waals surface area contributed by atoms with Gasteiger partial charge in [-0.3, -0.25) is 14.7 Å². The van der Waals surface area contributed by atoms with Gasteiger partial charge in [0.1, 0.15) is 0 Å². The predicted molar refractivity (Wildman–Crippen MR) is 152 cm³/mol. The molecular formula is C29H32N4O3S2. The van der Waals surface area contributed by atoms with Crippen molar-refractivity contribution in [3.8, 4) is 0 Å². The highest BCUT2D eigenvalue weighted by molar-refractivity contribution is 7.89. The topological polar surface area (TPSA) is 83.5 Å². The van der Waals surface area contributed by atoms with Gasteiger partial charge >= 0.3 is 0 Å². The minimum atomic E-state index is -3.63. The Bertz CT molecular complexity index is 1530. The summed E-state index contributed by atoms with van der Waals surface area (Å²) in [5.74, 6) is 0.392. The molecule has 0 N–H and O–H groups in total. The van der Waals surface area contributed by atoms with Crippen molar-refractivity contribution in [2.75, 3.05) is 18.0 Å². The Morgan fingerprint density at radius 1 is 1.05 bits per heavy atom. The molecule has 1 amide bonds. The lowest BCUT2D eigenvalue weighted by Gasteiger charge is -2.34. The monoisotopic (exact) mass is 548 g/mol. The molecule has 1 saturated heterocycles. The number of fused-ring (bicyclic) bond motifs is 1. The highest BCUT2D eigenvalue weighted by Gasteiger charge is 2.32. The van der Waals surface area contributed by atoms with E-state index in [1.54, 1.807) is 45.9 Å². The van der Waals surface area contributed by atoms with Gasteiger partial charge in [0.15, 0.2) is 5.13 Å². The summed E-state index contributed by atoms with van der Waals surface area (Å²) in [5.41, 5.74) is 3.34. The van der Waals surface area contributed by atoms with Crippen LogP contribution in [0.5, 0.6) is 0 Å². The summed E-state index contributed by atoms with van der Waals surface area (Å²) in [6, 6.07) is 16.2. The van der Waals surface area contributed by atoms with E-state index < -0.39 is 10.0 Å². The van der Waals surface area contributed by atoms with Crippen molar-refractivity contribution >= 4 is 42.6 Å². The van der Waals surface area contributed by atoms with Crippen LogP contribution in [0.2, 0.25) is 0 Å². The fourth-order valence-electron chi connectivity index (χ4n) is 5.07. The van der Waals surface area contributed by atoms with E-state index in [4.69, 9.17) is 4.98 Å². The van der Waals surface area contributed by atoms with E-state index in [1.807, 2.05) is 18.2 Å². The number of hydrogen-bond donors (Lipinski definition) is 0. The Balaban J connectivity index is 1.45. The highest BCUT2D eigenvalue weighted by atomic mass is 32.2. The van der Waals surface area contributed by atoms with E-state index in [0.29, 0.717) is 42.2 Å². The first-order valence-corrected chi connectivity index (χ1v) is 15.2. The summed E-state index contributed by atoms with van der Waals surface area (Å²) in [6.07, 6.45) is 5.38. The molecule has 0 spiro atoms. The second-order valence-corrected chi connectivity index (χ2v) is 13.1. The van der Waals surface area contributed by atoms with Gasteiger partial charge < -0.3 is 0 Å². The Morgan fingerprint density at radius 3 is 2.45 bits per heavy atom. The third-order valence-corrected chi connectivity index (χ3v) is 9.85. The van der Waals surface area contributed by atoms with Crippen molar-refractivity contribution < 1.29 is 13.2 Å². The lowest BCUT2D eigenvalue weighted by molar-refractivity contribution is 0.0985. The SMILES string of the molecule is CCc1ccc2nc(N(Cc3cccnc3)C(=O)c3ccc(S(=O)(=O)N4CC(C)CC(C)C4)cc3)sc2c1. The van der Waals surface area contributed by atoms with E-state index >= 15 is 0 Å². The lowest BCUT2D eigenvalue weighted by atomic mass is 9.94. The van der Waals surface area contributed by atoms with Crippen LogP contribution in [-0.4, -0.2) is 41.7 Å². The van der Waals surface area contributed by atoms with Crippen molar-refractivity contribution in [3.63, 3.8) is 0 Å². The second-order valence-electron chi connectivity index (χ2n) is 10.2. The molecule has 198 valence electrons. The zero-order chi connectivity index (χ0) is 26.9. The first-order valence-electron chi connectivity index (χ1n) is 12.9. The van der Waals surface area contributed by atoms with Crippen LogP contribution in [0.1, 0.15) is 48.7 Å². The third-order valence-electron chi connectivity index (χ3n) is 6.96. The Morgan fingerprint density at radius 2 is 1.79 bits per heavy atom. The maximum absolute atomic E-state index is 13.8. The van der Waals surface area contributed by atoms with Gasteiger partial charge in [-0.05, 0) is 78.3 Å². The summed E-state index contributed by atoms with van der Waals surface area (Å²) in [4.78, 5) is 24.6. The van der Waals surface area contributed by atoms with E-state index in [-0.39, 0.29) is 10.8 Å². The number of carbonyl (C=O) groups excluding carboxylic acids is 1. The molecule has 3 heterocycles.